The molecular weight excluding hydrogens is 484 g/mol. The van der Waals surface area contributed by atoms with Crippen LogP contribution in [0, 0.1) is 0 Å². The third-order valence-electron chi connectivity index (χ3n) is 7.68. The second-order valence-corrected chi connectivity index (χ2v) is 15.6. The monoisotopic (exact) mass is 526 g/mol. The average molecular weight is 527 g/mol. The number of rotatable bonds is 12. The van der Waals surface area contributed by atoms with Gasteiger partial charge in [-0.25, -0.2) is 0 Å². The predicted molar refractivity (Wildman–Crippen MR) is 160 cm³/mol. The molecule has 0 unspecified atom stereocenters. The van der Waals surface area contributed by atoms with Crippen LogP contribution in [0.5, 0.6) is 0 Å². The zero-order valence-corrected chi connectivity index (χ0v) is 24.1. The number of hydrogen-bond donors (Lipinski definition) is 0. The van der Waals surface area contributed by atoms with E-state index in [9.17, 15) is 0 Å². The largest absolute Gasteiger partial charge is 0.405 e. The summed E-state index contributed by atoms with van der Waals surface area (Å²) in [6.07, 6.45) is 6.05. The smallest absolute Gasteiger partial charge is 0.261 e. The number of ether oxygens (including phenoxy) is 2. The van der Waals surface area contributed by atoms with Crippen molar-refractivity contribution >= 4 is 18.7 Å². The SMILES string of the molecule is C=CCC[C@]1(C=C)C[C@@H](OCc2ccccc2)[C@@H](CO[Si](c2ccccc2)(c2ccccc2)C(C)(C)C)O1. The van der Waals surface area contributed by atoms with Gasteiger partial charge in [0.25, 0.3) is 8.32 Å². The highest BCUT2D eigenvalue weighted by molar-refractivity contribution is 6.99. The zero-order valence-electron chi connectivity index (χ0n) is 23.1. The summed E-state index contributed by atoms with van der Waals surface area (Å²) in [6.45, 7) is 16.0. The standard InChI is InChI=1S/C34H42O3Si/c1-6-8-24-34(7-2)25-31(35-26-28-18-12-9-13-19-28)32(37-34)27-36-38(33(3,4)5,29-20-14-10-15-21-29)30-22-16-11-17-23-30/h6-7,9-23,31-32H,1-2,8,24-27H2,3-5H3/t31-,32-,34-/m1/s1. The molecule has 3 aromatic carbocycles. The molecule has 3 atom stereocenters. The van der Waals surface area contributed by atoms with Gasteiger partial charge in [0.15, 0.2) is 0 Å². The van der Waals surface area contributed by atoms with Gasteiger partial charge in [0.1, 0.15) is 6.10 Å². The van der Waals surface area contributed by atoms with Gasteiger partial charge in [0.2, 0.25) is 0 Å². The van der Waals surface area contributed by atoms with E-state index in [-0.39, 0.29) is 17.2 Å². The normalized spacial score (nSPS) is 21.8. The van der Waals surface area contributed by atoms with Gasteiger partial charge in [0.05, 0.1) is 24.9 Å². The van der Waals surface area contributed by atoms with Crippen LogP contribution in [0.15, 0.2) is 116 Å². The highest BCUT2D eigenvalue weighted by atomic mass is 28.4. The summed E-state index contributed by atoms with van der Waals surface area (Å²) in [7, 11) is -2.69. The summed E-state index contributed by atoms with van der Waals surface area (Å²) >= 11 is 0. The van der Waals surface area contributed by atoms with Crippen LogP contribution >= 0.6 is 0 Å². The molecule has 1 aliphatic heterocycles. The van der Waals surface area contributed by atoms with Crippen LogP contribution in [0.2, 0.25) is 5.04 Å². The fourth-order valence-corrected chi connectivity index (χ4v) is 10.3. The molecule has 0 aromatic heterocycles. The average Bonchev–Trinajstić information content (AvgIpc) is 3.30. The molecule has 38 heavy (non-hydrogen) atoms. The minimum Gasteiger partial charge on any atom is -0.405 e. The van der Waals surface area contributed by atoms with Crippen molar-refractivity contribution in [1.29, 1.82) is 0 Å². The minimum atomic E-state index is -2.69. The molecule has 1 heterocycles. The molecule has 1 fully saturated rings. The number of allylic oxidation sites excluding steroid dienone is 1. The minimum absolute atomic E-state index is 0.101. The molecular formula is C34H42O3Si. The lowest BCUT2D eigenvalue weighted by Gasteiger charge is -2.43. The molecule has 4 heteroatoms. The van der Waals surface area contributed by atoms with E-state index in [1.807, 2.05) is 30.4 Å². The first-order chi connectivity index (χ1) is 18.3. The van der Waals surface area contributed by atoms with Crippen LogP contribution < -0.4 is 10.4 Å². The van der Waals surface area contributed by atoms with E-state index in [4.69, 9.17) is 13.9 Å². The third-order valence-corrected chi connectivity index (χ3v) is 12.7. The summed E-state index contributed by atoms with van der Waals surface area (Å²) < 4.78 is 20.6. The Morgan fingerprint density at radius 3 is 1.95 bits per heavy atom. The lowest BCUT2D eigenvalue weighted by atomic mass is 9.93. The van der Waals surface area contributed by atoms with E-state index in [0.717, 1.165) is 24.8 Å². The van der Waals surface area contributed by atoms with E-state index in [0.29, 0.717) is 13.2 Å². The molecule has 0 aliphatic carbocycles. The summed E-state index contributed by atoms with van der Waals surface area (Å²) in [5.41, 5.74) is 0.705. The molecule has 3 nitrogen and oxygen atoms in total. The Balaban J connectivity index is 1.66. The molecule has 0 N–H and O–H groups in total. The van der Waals surface area contributed by atoms with Crippen LogP contribution in [-0.4, -0.2) is 32.7 Å². The van der Waals surface area contributed by atoms with Crippen LogP contribution in [0.25, 0.3) is 0 Å². The molecule has 0 amide bonds. The summed E-state index contributed by atoms with van der Waals surface area (Å²) in [6, 6.07) is 31.8. The highest BCUT2D eigenvalue weighted by Gasteiger charge is 2.52. The van der Waals surface area contributed by atoms with Gasteiger partial charge < -0.3 is 13.9 Å². The van der Waals surface area contributed by atoms with Crippen molar-refractivity contribution in [3.8, 4) is 0 Å². The highest BCUT2D eigenvalue weighted by Crippen LogP contribution is 2.41. The zero-order chi connectivity index (χ0) is 27.1. The van der Waals surface area contributed by atoms with E-state index >= 15 is 0 Å². The lowest BCUT2D eigenvalue weighted by Crippen LogP contribution is -2.67. The topological polar surface area (TPSA) is 27.7 Å². The van der Waals surface area contributed by atoms with Gasteiger partial charge in [0, 0.05) is 6.42 Å². The Labute approximate surface area is 230 Å². The van der Waals surface area contributed by atoms with E-state index in [1.165, 1.54) is 10.4 Å². The summed E-state index contributed by atoms with van der Waals surface area (Å²) in [5.74, 6) is 0. The summed E-state index contributed by atoms with van der Waals surface area (Å²) in [4.78, 5) is 0. The molecule has 4 rings (SSSR count). The Hall–Kier alpha value is -2.76. The van der Waals surface area contributed by atoms with Gasteiger partial charge in [-0.3, -0.25) is 0 Å². The van der Waals surface area contributed by atoms with Gasteiger partial charge in [-0.15, -0.1) is 13.2 Å². The van der Waals surface area contributed by atoms with Gasteiger partial charge in [-0.2, -0.15) is 0 Å². The summed E-state index contributed by atoms with van der Waals surface area (Å²) in [5, 5.41) is 2.42. The Bertz CT molecular complexity index is 1120. The Morgan fingerprint density at radius 1 is 0.895 bits per heavy atom. The van der Waals surface area contributed by atoms with Crippen molar-refractivity contribution in [3.63, 3.8) is 0 Å². The number of hydrogen-bond acceptors (Lipinski definition) is 3. The van der Waals surface area contributed by atoms with E-state index in [2.05, 4.69) is 107 Å². The molecule has 0 radical (unpaired) electrons. The van der Waals surface area contributed by atoms with Gasteiger partial charge in [-0.1, -0.05) is 124 Å². The van der Waals surface area contributed by atoms with Crippen LogP contribution in [0.4, 0.5) is 0 Å². The van der Waals surface area contributed by atoms with E-state index in [1.54, 1.807) is 0 Å². The molecule has 0 spiro atoms. The third kappa shape index (κ3) is 6.10. The molecule has 200 valence electrons. The first-order valence-electron chi connectivity index (χ1n) is 13.7. The first-order valence-corrected chi connectivity index (χ1v) is 15.6. The first kappa shape index (κ1) is 28.3. The van der Waals surface area contributed by atoms with Gasteiger partial charge >= 0.3 is 0 Å². The maximum absolute atomic E-state index is 7.25. The lowest BCUT2D eigenvalue weighted by molar-refractivity contribution is -0.0676. The van der Waals surface area contributed by atoms with E-state index < -0.39 is 13.9 Å². The maximum atomic E-state index is 7.25. The van der Waals surface area contributed by atoms with Gasteiger partial charge in [-0.05, 0) is 33.8 Å². The predicted octanol–water partition coefficient (Wildman–Crippen LogP) is 6.83. The number of benzene rings is 3. The van der Waals surface area contributed by atoms with Crippen LogP contribution in [-0.2, 0) is 20.5 Å². The fourth-order valence-electron chi connectivity index (χ4n) is 5.69. The maximum Gasteiger partial charge on any atom is 0.261 e. The van der Waals surface area contributed by atoms with Crippen LogP contribution in [0.3, 0.4) is 0 Å². The second kappa shape index (κ2) is 12.4. The Kier molecular flexibility index (Phi) is 9.22. The quantitative estimate of drug-likeness (QED) is 0.191. The molecule has 1 aliphatic rings. The van der Waals surface area contributed by atoms with Crippen molar-refractivity contribution in [2.75, 3.05) is 6.61 Å². The molecule has 0 bridgehead atoms. The van der Waals surface area contributed by atoms with Crippen molar-refractivity contribution in [2.24, 2.45) is 0 Å². The van der Waals surface area contributed by atoms with Crippen molar-refractivity contribution in [1.82, 2.24) is 0 Å². The Morgan fingerprint density at radius 2 is 1.45 bits per heavy atom. The second-order valence-electron chi connectivity index (χ2n) is 11.3. The molecule has 3 aromatic rings. The van der Waals surface area contributed by atoms with Crippen LogP contribution in [0.1, 0.15) is 45.6 Å². The molecule has 0 saturated carbocycles. The fraction of sp³-hybridized carbons (Fsp3) is 0.353. The van der Waals surface area contributed by atoms with Crippen molar-refractivity contribution < 1.29 is 13.9 Å². The van der Waals surface area contributed by atoms with Crippen molar-refractivity contribution in [2.45, 2.75) is 69.5 Å². The molecule has 1 saturated heterocycles. The van der Waals surface area contributed by atoms with Crippen molar-refractivity contribution in [3.05, 3.63) is 122 Å².